The van der Waals surface area contributed by atoms with Crippen molar-refractivity contribution >= 4 is 5.65 Å². The van der Waals surface area contributed by atoms with Gasteiger partial charge in [0.05, 0.1) is 5.69 Å². The van der Waals surface area contributed by atoms with Crippen LogP contribution in [0.1, 0.15) is 17.1 Å². The second-order valence-electron chi connectivity index (χ2n) is 5.50. The first-order valence-corrected chi connectivity index (χ1v) is 7.42. The van der Waals surface area contributed by atoms with Crippen LogP contribution in [0.15, 0.2) is 59.4 Å². The minimum atomic E-state index is -4.66. The first-order chi connectivity index (χ1) is 12.0. The molecule has 0 saturated carbocycles. The predicted octanol–water partition coefficient (Wildman–Crippen LogP) is 3.99. The number of alkyl halides is 3. The molecular formula is C17H11F3N4O. The molecule has 0 saturated heterocycles. The summed E-state index contributed by atoms with van der Waals surface area (Å²) in [4.78, 5) is 7.90. The zero-order chi connectivity index (χ0) is 17.4. The molecule has 0 N–H and O–H groups in total. The highest BCUT2D eigenvalue weighted by atomic mass is 19.4. The molecule has 25 heavy (non-hydrogen) atoms. The van der Waals surface area contributed by atoms with Crippen LogP contribution >= 0.6 is 0 Å². The van der Waals surface area contributed by atoms with E-state index in [9.17, 15) is 13.2 Å². The van der Waals surface area contributed by atoms with Gasteiger partial charge in [-0.05, 0) is 17.7 Å². The first kappa shape index (κ1) is 15.4. The number of aromatic nitrogens is 4. The normalized spacial score (nSPS) is 12.0. The van der Waals surface area contributed by atoms with E-state index in [0.29, 0.717) is 17.6 Å². The fraction of sp³-hybridized carbons (Fsp3) is 0.118. The third-order valence-corrected chi connectivity index (χ3v) is 3.66. The lowest BCUT2D eigenvalue weighted by atomic mass is 10.1. The number of fused-ring (bicyclic) bond motifs is 1. The van der Waals surface area contributed by atoms with Gasteiger partial charge in [-0.1, -0.05) is 35.5 Å². The Bertz CT molecular complexity index is 1020. The Morgan fingerprint density at radius 3 is 2.56 bits per heavy atom. The Balaban J connectivity index is 1.65. The molecule has 0 aliphatic carbocycles. The minimum Gasteiger partial charge on any atom is -0.329 e. The molecule has 8 heteroatoms. The largest absolute Gasteiger partial charge is 0.471 e. The van der Waals surface area contributed by atoms with Crippen LogP contribution in [0.3, 0.4) is 0 Å². The van der Waals surface area contributed by atoms with Crippen LogP contribution in [0.25, 0.3) is 17.0 Å². The average molecular weight is 344 g/mol. The van der Waals surface area contributed by atoms with Crippen molar-refractivity contribution in [2.24, 2.45) is 0 Å². The van der Waals surface area contributed by atoms with Crippen LogP contribution in [0.2, 0.25) is 0 Å². The second kappa shape index (κ2) is 5.73. The fourth-order valence-corrected chi connectivity index (χ4v) is 2.52. The van der Waals surface area contributed by atoms with Crippen molar-refractivity contribution in [2.45, 2.75) is 12.6 Å². The molecule has 0 radical (unpaired) electrons. The molecule has 3 heterocycles. The smallest absolute Gasteiger partial charge is 0.329 e. The summed E-state index contributed by atoms with van der Waals surface area (Å²) in [5, 5.41) is 3.39. The van der Waals surface area contributed by atoms with Gasteiger partial charge in [0.25, 0.3) is 0 Å². The first-order valence-electron chi connectivity index (χ1n) is 7.42. The summed E-state index contributed by atoms with van der Waals surface area (Å²) in [6.07, 6.45) is -0.414. The number of hydrogen-bond acceptors (Lipinski definition) is 4. The topological polar surface area (TPSA) is 56.2 Å². The van der Waals surface area contributed by atoms with Gasteiger partial charge in [0.15, 0.2) is 0 Å². The quantitative estimate of drug-likeness (QED) is 0.564. The van der Waals surface area contributed by atoms with E-state index in [-0.39, 0.29) is 5.82 Å². The monoisotopic (exact) mass is 344 g/mol. The maximum atomic E-state index is 12.6. The maximum Gasteiger partial charge on any atom is 0.471 e. The zero-order valence-electron chi connectivity index (χ0n) is 12.7. The summed E-state index contributed by atoms with van der Waals surface area (Å²) in [6.45, 7) is 0. The van der Waals surface area contributed by atoms with Crippen LogP contribution in [-0.4, -0.2) is 19.5 Å². The van der Waals surface area contributed by atoms with E-state index in [1.54, 1.807) is 22.7 Å². The van der Waals surface area contributed by atoms with Gasteiger partial charge in [-0.15, -0.1) is 0 Å². The maximum absolute atomic E-state index is 12.6. The van der Waals surface area contributed by atoms with Crippen LogP contribution < -0.4 is 0 Å². The van der Waals surface area contributed by atoms with Crippen molar-refractivity contribution in [2.75, 3.05) is 0 Å². The van der Waals surface area contributed by atoms with E-state index in [0.717, 1.165) is 11.3 Å². The lowest BCUT2D eigenvalue weighted by molar-refractivity contribution is -0.159. The van der Waals surface area contributed by atoms with E-state index in [2.05, 4.69) is 19.6 Å². The van der Waals surface area contributed by atoms with Gasteiger partial charge in [-0.25, -0.2) is 4.98 Å². The summed E-state index contributed by atoms with van der Waals surface area (Å²) in [6, 6.07) is 13.1. The SMILES string of the molecule is FC(F)(F)c1nc(-c2ccn3cc(Cc4ccccc4)nc3c2)no1. The van der Waals surface area contributed by atoms with Crippen molar-refractivity contribution in [1.82, 2.24) is 19.5 Å². The third kappa shape index (κ3) is 3.10. The summed E-state index contributed by atoms with van der Waals surface area (Å²) in [7, 11) is 0. The number of rotatable bonds is 3. The Morgan fingerprint density at radius 1 is 1.04 bits per heavy atom. The molecule has 1 aromatic carbocycles. The van der Waals surface area contributed by atoms with E-state index in [4.69, 9.17) is 0 Å². The highest BCUT2D eigenvalue weighted by Gasteiger charge is 2.38. The summed E-state index contributed by atoms with van der Waals surface area (Å²) in [5.74, 6) is -1.49. The summed E-state index contributed by atoms with van der Waals surface area (Å²) >= 11 is 0. The minimum absolute atomic E-state index is 0.123. The van der Waals surface area contributed by atoms with E-state index in [1.165, 1.54) is 0 Å². The molecule has 0 amide bonds. The average Bonchev–Trinajstić information content (AvgIpc) is 3.21. The number of pyridine rings is 1. The van der Waals surface area contributed by atoms with Gasteiger partial charge in [0.1, 0.15) is 5.65 Å². The van der Waals surface area contributed by atoms with Crippen molar-refractivity contribution in [3.63, 3.8) is 0 Å². The Labute approximate surface area is 139 Å². The molecule has 0 bridgehead atoms. The predicted molar refractivity (Wildman–Crippen MR) is 82.7 cm³/mol. The van der Waals surface area contributed by atoms with Crippen molar-refractivity contribution in [1.29, 1.82) is 0 Å². The number of halogens is 3. The van der Waals surface area contributed by atoms with Crippen LogP contribution in [0.4, 0.5) is 13.2 Å². The number of nitrogens with zero attached hydrogens (tertiary/aromatic N) is 4. The van der Waals surface area contributed by atoms with Crippen LogP contribution in [0.5, 0.6) is 0 Å². The molecule has 0 spiro atoms. The highest BCUT2D eigenvalue weighted by molar-refractivity contribution is 5.61. The lowest BCUT2D eigenvalue weighted by Crippen LogP contribution is -2.04. The highest BCUT2D eigenvalue weighted by Crippen LogP contribution is 2.29. The van der Waals surface area contributed by atoms with Gasteiger partial charge in [-0.2, -0.15) is 18.2 Å². The van der Waals surface area contributed by atoms with E-state index >= 15 is 0 Å². The Kier molecular flexibility index (Phi) is 3.52. The molecule has 0 unspecified atom stereocenters. The summed E-state index contributed by atoms with van der Waals surface area (Å²) < 4.78 is 43.8. The number of hydrogen-bond donors (Lipinski definition) is 0. The van der Waals surface area contributed by atoms with Gasteiger partial charge < -0.3 is 8.92 Å². The molecule has 3 aromatic heterocycles. The standard InChI is InChI=1S/C17H11F3N4O/c18-17(19,20)16-22-15(23-25-16)12-6-7-24-10-13(21-14(24)9-12)8-11-4-2-1-3-5-11/h1-7,9-10H,8H2. The summed E-state index contributed by atoms with van der Waals surface area (Å²) in [5.41, 5.74) is 2.98. The van der Waals surface area contributed by atoms with Crippen LogP contribution in [-0.2, 0) is 12.6 Å². The Morgan fingerprint density at radius 2 is 1.84 bits per heavy atom. The van der Waals surface area contributed by atoms with Crippen molar-refractivity contribution in [3.8, 4) is 11.4 Å². The van der Waals surface area contributed by atoms with Gasteiger partial charge >= 0.3 is 12.1 Å². The molecule has 0 aliphatic rings. The lowest BCUT2D eigenvalue weighted by Gasteiger charge is -1.97. The number of imidazole rings is 1. The number of benzene rings is 1. The van der Waals surface area contributed by atoms with Gasteiger partial charge in [-0.3, -0.25) is 0 Å². The van der Waals surface area contributed by atoms with E-state index < -0.39 is 12.1 Å². The molecule has 0 fully saturated rings. The third-order valence-electron chi connectivity index (χ3n) is 3.66. The molecule has 4 rings (SSSR count). The van der Waals surface area contributed by atoms with Gasteiger partial charge in [0, 0.05) is 24.4 Å². The molecular weight excluding hydrogens is 333 g/mol. The molecule has 0 aliphatic heterocycles. The molecule has 126 valence electrons. The molecule has 4 aromatic rings. The fourth-order valence-electron chi connectivity index (χ4n) is 2.52. The van der Waals surface area contributed by atoms with E-state index in [1.807, 2.05) is 36.5 Å². The van der Waals surface area contributed by atoms with Crippen molar-refractivity contribution in [3.05, 3.63) is 72.0 Å². The van der Waals surface area contributed by atoms with Crippen molar-refractivity contribution < 1.29 is 17.7 Å². The zero-order valence-corrected chi connectivity index (χ0v) is 12.7. The van der Waals surface area contributed by atoms with Crippen LogP contribution in [0, 0.1) is 0 Å². The van der Waals surface area contributed by atoms with Gasteiger partial charge in [0.2, 0.25) is 5.82 Å². The Hall–Kier alpha value is -3.16. The second-order valence-corrected chi connectivity index (χ2v) is 5.50. The molecule has 5 nitrogen and oxygen atoms in total. The molecule has 0 atom stereocenters.